The number of rotatable bonds is 2. The predicted molar refractivity (Wildman–Crippen MR) is 114 cm³/mol. The summed E-state index contributed by atoms with van der Waals surface area (Å²) in [6.07, 6.45) is -0.309. The second kappa shape index (κ2) is 8.20. The summed E-state index contributed by atoms with van der Waals surface area (Å²) in [5.41, 5.74) is -0.504. The third-order valence-electron chi connectivity index (χ3n) is 4.49. The van der Waals surface area contributed by atoms with Crippen LogP contribution in [-0.4, -0.2) is 52.2 Å². The van der Waals surface area contributed by atoms with Crippen molar-refractivity contribution in [2.45, 2.75) is 38.8 Å². The van der Waals surface area contributed by atoms with Crippen LogP contribution in [0.2, 0.25) is 5.02 Å². The van der Waals surface area contributed by atoms with Crippen LogP contribution in [0, 0.1) is 11.3 Å². The van der Waals surface area contributed by atoms with Crippen molar-refractivity contribution in [3.8, 4) is 6.07 Å². The molecule has 154 valence electrons. The second-order valence-corrected chi connectivity index (χ2v) is 9.07. The van der Waals surface area contributed by atoms with Gasteiger partial charge < -0.3 is 19.5 Å². The van der Waals surface area contributed by atoms with E-state index in [1.54, 1.807) is 37.8 Å². The van der Waals surface area contributed by atoms with Gasteiger partial charge in [-0.05, 0) is 48.8 Å². The topological polar surface area (TPSA) is 102 Å². The number of aromatic amines is 1. The molecular weight excluding hydrogens is 462 g/mol. The molecule has 1 atom stereocenters. The molecule has 1 fully saturated rings. The summed E-state index contributed by atoms with van der Waals surface area (Å²) in [6, 6.07) is 5.21. The monoisotopic (exact) mass is 481 g/mol. The van der Waals surface area contributed by atoms with Gasteiger partial charge in [0.1, 0.15) is 11.4 Å². The number of fused-ring (bicyclic) bond motifs is 1. The van der Waals surface area contributed by atoms with E-state index in [0.29, 0.717) is 45.9 Å². The van der Waals surface area contributed by atoms with Gasteiger partial charge in [0.2, 0.25) is 0 Å². The van der Waals surface area contributed by atoms with Gasteiger partial charge >= 0.3 is 11.8 Å². The number of nitrogens with zero attached hydrogens (tertiary/aromatic N) is 4. The summed E-state index contributed by atoms with van der Waals surface area (Å²) in [5.74, 6) is 0.477. The van der Waals surface area contributed by atoms with E-state index in [4.69, 9.17) is 16.3 Å². The maximum absolute atomic E-state index is 12.6. The molecule has 29 heavy (non-hydrogen) atoms. The third kappa shape index (κ3) is 4.82. The molecule has 8 nitrogen and oxygen atoms in total. The zero-order chi connectivity index (χ0) is 21.3. The van der Waals surface area contributed by atoms with Crippen LogP contribution >= 0.6 is 27.5 Å². The summed E-state index contributed by atoms with van der Waals surface area (Å²) in [4.78, 5) is 35.0. The van der Waals surface area contributed by atoms with Gasteiger partial charge in [0.05, 0.1) is 29.1 Å². The number of amides is 1. The summed E-state index contributed by atoms with van der Waals surface area (Å²) in [5, 5.41) is 10.4. The molecule has 1 saturated heterocycles. The number of halogens is 2. The highest BCUT2D eigenvalue weighted by atomic mass is 79.9. The Hall–Kier alpha value is -2.31. The van der Waals surface area contributed by atoms with Crippen molar-refractivity contribution in [3.63, 3.8) is 0 Å². The van der Waals surface area contributed by atoms with Crippen LogP contribution in [0.1, 0.15) is 27.2 Å². The molecule has 0 aliphatic carbocycles. The average molecular weight is 483 g/mol. The highest BCUT2D eigenvalue weighted by molar-refractivity contribution is 9.10. The van der Waals surface area contributed by atoms with Gasteiger partial charge in [-0.3, -0.25) is 0 Å². The molecule has 3 rings (SSSR count). The maximum Gasteiger partial charge on any atom is 0.410 e. The van der Waals surface area contributed by atoms with Crippen molar-refractivity contribution in [2.24, 2.45) is 0 Å². The Morgan fingerprint density at radius 1 is 1.45 bits per heavy atom. The van der Waals surface area contributed by atoms with Crippen LogP contribution in [0.25, 0.3) is 10.9 Å². The van der Waals surface area contributed by atoms with Gasteiger partial charge in [0, 0.05) is 29.5 Å². The number of carbonyl (C=O) groups excluding carboxylic acids is 1. The largest absolute Gasteiger partial charge is 0.444 e. The zero-order valence-electron chi connectivity index (χ0n) is 16.3. The number of benzene rings is 1. The van der Waals surface area contributed by atoms with Gasteiger partial charge in [0.25, 0.3) is 0 Å². The molecule has 2 aromatic rings. The molecule has 1 amide bonds. The average Bonchev–Trinajstić information content (AvgIpc) is 2.61. The first-order valence-electron chi connectivity index (χ1n) is 9.09. The Bertz CT molecular complexity index is 1040. The van der Waals surface area contributed by atoms with Crippen molar-refractivity contribution in [1.82, 2.24) is 14.9 Å². The van der Waals surface area contributed by atoms with E-state index in [1.165, 1.54) is 0 Å². The number of H-pyrrole nitrogens is 1. The number of ether oxygens (including phenoxy) is 1. The fourth-order valence-electron chi connectivity index (χ4n) is 3.26. The first-order valence-corrected chi connectivity index (χ1v) is 10.3. The Morgan fingerprint density at radius 3 is 2.83 bits per heavy atom. The van der Waals surface area contributed by atoms with Crippen molar-refractivity contribution >= 4 is 50.3 Å². The molecule has 0 unspecified atom stereocenters. The minimum Gasteiger partial charge on any atom is -0.444 e. The van der Waals surface area contributed by atoms with Crippen molar-refractivity contribution < 1.29 is 9.53 Å². The van der Waals surface area contributed by atoms with Crippen LogP contribution in [0.15, 0.2) is 21.4 Å². The second-order valence-electron chi connectivity index (χ2n) is 7.81. The lowest BCUT2D eigenvalue weighted by Crippen LogP contribution is -2.56. The van der Waals surface area contributed by atoms with Gasteiger partial charge in [-0.15, -0.1) is 0 Å². The van der Waals surface area contributed by atoms with Gasteiger partial charge in [0.15, 0.2) is 0 Å². The van der Waals surface area contributed by atoms with E-state index in [9.17, 15) is 14.9 Å². The number of aromatic nitrogens is 2. The molecule has 0 bridgehead atoms. The number of piperazine rings is 1. The van der Waals surface area contributed by atoms with Crippen LogP contribution in [0.4, 0.5) is 10.6 Å². The molecule has 0 radical (unpaired) electrons. The van der Waals surface area contributed by atoms with Crippen molar-refractivity contribution in [1.29, 1.82) is 5.26 Å². The molecule has 1 aliphatic heterocycles. The molecular formula is C19H21BrClN5O3. The Balaban J connectivity index is 1.94. The van der Waals surface area contributed by atoms with E-state index in [0.717, 1.165) is 0 Å². The highest BCUT2D eigenvalue weighted by Gasteiger charge is 2.34. The zero-order valence-corrected chi connectivity index (χ0v) is 18.7. The van der Waals surface area contributed by atoms with E-state index in [-0.39, 0.29) is 12.5 Å². The summed E-state index contributed by atoms with van der Waals surface area (Å²) in [6.45, 7) is 6.55. The van der Waals surface area contributed by atoms with Crippen molar-refractivity contribution in [2.75, 3.05) is 24.5 Å². The van der Waals surface area contributed by atoms with Crippen LogP contribution in [-0.2, 0) is 4.74 Å². The van der Waals surface area contributed by atoms with E-state index in [1.807, 2.05) is 4.90 Å². The summed E-state index contributed by atoms with van der Waals surface area (Å²) >= 11 is 9.60. The van der Waals surface area contributed by atoms with Gasteiger partial charge in [-0.1, -0.05) is 11.6 Å². The van der Waals surface area contributed by atoms with Crippen molar-refractivity contribution in [3.05, 3.63) is 32.1 Å². The smallest absolute Gasteiger partial charge is 0.410 e. The highest BCUT2D eigenvalue weighted by Crippen LogP contribution is 2.32. The minimum atomic E-state index is -0.625. The molecule has 10 heteroatoms. The maximum atomic E-state index is 12.6. The van der Waals surface area contributed by atoms with Gasteiger partial charge in [-0.25, -0.2) is 9.59 Å². The number of nitrogens with one attached hydrogen (secondary N) is 1. The fraction of sp³-hybridized carbons (Fsp3) is 0.474. The normalized spacial score (nSPS) is 17.3. The minimum absolute atomic E-state index is 0.142. The fourth-order valence-corrected chi connectivity index (χ4v) is 3.77. The van der Waals surface area contributed by atoms with E-state index >= 15 is 0 Å². The molecule has 0 spiro atoms. The summed E-state index contributed by atoms with van der Waals surface area (Å²) in [7, 11) is 0. The first-order chi connectivity index (χ1) is 13.6. The molecule has 1 aliphatic rings. The lowest BCUT2D eigenvalue weighted by molar-refractivity contribution is 0.0145. The Kier molecular flexibility index (Phi) is 6.05. The number of carbonyl (C=O) groups is 1. The van der Waals surface area contributed by atoms with E-state index < -0.39 is 17.4 Å². The van der Waals surface area contributed by atoms with Gasteiger partial charge in [-0.2, -0.15) is 10.2 Å². The molecule has 1 N–H and O–H groups in total. The standard InChI is InChI=1S/C19H21BrClN5O3/c1-19(2,3)29-18(28)26-7-6-25(10-11(26)4-5-22)16-12-8-14(21)13(20)9-15(12)23-17(27)24-16/h8-9,11H,4,6-7,10H2,1-3H3,(H,23,24,27)/t11-/m0/s1. The lowest BCUT2D eigenvalue weighted by atomic mass is 10.1. The summed E-state index contributed by atoms with van der Waals surface area (Å²) < 4.78 is 6.14. The Labute approximate surface area is 181 Å². The van der Waals surface area contributed by atoms with Crippen LogP contribution in [0.5, 0.6) is 0 Å². The number of hydrogen-bond acceptors (Lipinski definition) is 6. The van der Waals surface area contributed by atoms with Crippen LogP contribution in [0.3, 0.4) is 0 Å². The molecule has 1 aromatic carbocycles. The quantitative estimate of drug-likeness (QED) is 0.700. The predicted octanol–water partition coefficient (Wildman–Crippen LogP) is 3.68. The molecule has 1 aromatic heterocycles. The van der Waals surface area contributed by atoms with E-state index in [2.05, 4.69) is 32.0 Å². The first kappa shape index (κ1) is 21.4. The lowest BCUT2D eigenvalue weighted by Gasteiger charge is -2.41. The third-order valence-corrected chi connectivity index (χ3v) is 5.68. The number of nitriles is 1. The molecule has 2 heterocycles. The number of anilines is 1. The number of hydrogen-bond donors (Lipinski definition) is 1. The SMILES string of the molecule is CC(C)(C)OC(=O)N1CCN(c2nc(=O)[nH]c3cc(Br)c(Cl)cc23)C[C@@H]1CC#N. The molecule has 0 saturated carbocycles. The van der Waals surface area contributed by atoms with Crippen LogP contribution < -0.4 is 10.6 Å². The Morgan fingerprint density at radius 2 is 2.17 bits per heavy atom.